The van der Waals surface area contributed by atoms with Crippen LogP contribution in [0, 0.1) is 5.92 Å². The third-order valence-corrected chi connectivity index (χ3v) is 5.34. The minimum atomic E-state index is -1.14. The number of hydrogen-bond acceptors (Lipinski definition) is 7. The highest BCUT2D eigenvalue weighted by atomic mass is 16.7. The Balaban J connectivity index is 1.69. The number of carbonyl (C=O) groups excluding carboxylic acids is 5. The standard InChI is InChI=1S/C23H29N3O7/c1-13(2)17(21(30)33-26-19(28)14-9-6-7-10-15(14)20(26)29)24-18(27)16-11-8-12-25(16)22(31)32-23(3,4)5/h6-7,9-10,13,16-17H,8,11-12H2,1-5H3,(H,24,27)/t16-,17+/m1/s1. The monoisotopic (exact) mass is 459 g/mol. The number of amides is 4. The number of ether oxygens (including phenoxy) is 1. The summed E-state index contributed by atoms with van der Waals surface area (Å²) >= 11 is 0. The number of nitrogens with zero attached hydrogens (tertiary/aromatic N) is 2. The second-order valence-corrected chi connectivity index (χ2v) is 9.42. The maximum Gasteiger partial charge on any atom is 0.410 e. The van der Waals surface area contributed by atoms with E-state index in [-0.39, 0.29) is 11.1 Å². The van der Waals surface area contributed by atoms with Crippen LogP contribution in [0.3, 0.4) is 0 Å². The Morgan fingerprint density at radius 2 is 1.64 bits per heavy atom. The molecule has 2 heterocycles. The molecule has 178 valence electrons. The van der Waals surface area contributed by atoms with Crippen molar-refractivity contribution in [3.8, 4) is 0 Å². The third-order valence-electron chi connectivity index (χ3n) is 5.34. The first-order valence-electron chi connectivity index (χ1n) is 10.9. The van der Waals surface area contributed by atoms with Crippen molar-refractivity contribution >= 4 is 29.8 Å². The Bertz CT molecular complexity index is 948. The number of likely N-dealkylation sites (tertiary alicyclic amines) is 1. The molecule has 1 aromatic carbocycles. The van der Waals surface area contributed by atoms with Gasteiger partial charge in [-0.25, -0.2) is 9.59 Å². The molecule has 0 spiro atoms. The van der Waals surface area contributed by atoms with Crippen LogP contribution in [0.2, 0.25) is 0 Å². The summed E-state index contributed by atoms with van der Waals surface area (Å²) in [7, 11) is 0. The molecule has 1 N–H and O–H groups in total. The Kier molecular flexibility index (Phi) is 6.76. The lowest BCUT2D eigenvalue weighted by Gasteiger charge is -2.29. The molecule has 1 fully saturated rings. The van der Waals surface area contributed by atoms with Gasteiger partial charge in [0.1, 0.15) is 17.7 Å². The second-order valence-electron chi connectivity index (χ2n) is 9.42. The van der Waals surface area contributed by atoms with Gasteiger partial charge in [-0.15, -0.1) is 0 Å². The van der Waals surface area contributed by atoms with Crippen LogP contribution in [-0.2, 0) is 19.2 Å². The number of fused-ring (bicyclic) bond motifs is 1. The highest BCUT2D eigenvalue weighted by Gasteiger charge is 2.42. The van der Waals surface area contributed by atoms with Crippen LogP contribution in [0.25, 0.3) is 0 Å². The largest absolute Gasteiger partial charge is 0.444 e. The van der Waals surface area contributed by atoms with E-state index in [2.05, 4.69) is 5.32 Å². The lowest BCUT2D eigenvalue weighted by molar-refractivity contribution is -0.173. The molecule has 0 unspecified atom stereocenters. The summed E-state index contributed by atoms with van der Waals surface area (Å²) < 4.78 is 5.38. The van der Waals surface area contributed by atoms with Gasteiger partial charge in [-0.05, 0) is 51.7 Å². The molecule has 0 aromatic heterocycles. The van der Waals surface area contributed by atoms with Crippen LogP contribution in [0.5, 0.6) is 0 Å². The molecule has 1 saturated heterocycles. The van der Waals surface area contributed by atoms with E-state index in [0.717, 1.165) is 0 Å². The third kappa shape index (κ3) is 5.15. The molecule has 0 bridgehead atoms. The minimum absolute atomic E-state index is 0.138. The molecule has 0 saturated carbocycles. The zero-order chi connectivity index (χ0) is 24.5. The van der Waals surface area contributed by atoms with Crippen molar-refractivity contribution in [1.29, 1.82) is 0 Å². The number of rotatable bonds is 5. The maximum atomic E-state index is 13.0. The zero-order valence-electron chi connectivity index (χ0n) is 19.4. The number of hydroxylamine groups is 2. The summed E-state index contributed by atoms with van der Waals surface area (Å²) in [6.07, 6.45) is 0.432. The van der Waals surface area contributed by atoms with Crippen LogP contribution in [0.15, 0.2) is 24.3 Å². The molecule has 0 radical (unpaired) electrons. The quantitative estimate of drug-likeness (QED) is 0.670. The highest BCUT2D eigenvalue weighted by Crippen LogP contribution is 2.24. The van der Waals surface area contributed by atoms with Crippen LogP contribution in [0.1, 0.15) is 68.2 Å². The maximum absolute atomic E-state index is 13.0. The van der Waals surface area contributed by atoms with Gasteiger partial charge in [-0.1, -0.05) is 31.0 Å². The van der Waals surface area contributed by atoms with E-state index in [1.165, 1.54) is 17.0 Å². The van der Waals surface area contributed by atoms with Gasteiger partial charge in [0, 0.05) is 6.54 Å². The van der Waals surface area contributed by atoms with E-state index in [4.69, 9.17) is 9.57 Å². The summed E-state index contributed by atoms with van der Waals surface area (Å²) in [5, 5.41) is 3.03. The van der Waals surface area contributed by atoms with Crippen LogP contribution >= 0.6 is 0 Å². The summed E-state index contributed by atoms with van der Waals surface area (Å²) in [6, 6.07) is 4.21. The number of hydrogen-bond donors (Lipinski definition) is 1. The van der Waals surface area contributed by atoms with E-state index < -0.39 is 53.4 Å². The van der Waals surface area contributed by atoms with Gasteiger partial charge in [0.15, 0.2) is 0 Å². The van der Waals surface area contributed by atoms with Crippen molar-refractivity contribution in [3.05, 3.63) is 35.4 Å². The normalized spacial score (nSPS) is 18.9. The van der Waals surface area contributed by atoms with Crippen LogP contribution in [0.4, 0.5) is 4.79 Å². The van der Waals surface area contributed by atoms with Crippen molar-refractivity contribution in [1.82, 2.24) is 15.3 Å². The van der Waals surface area contributed by atoms with Gasteiger partial charge in [-0.3, -0.25) is 19.3 Å². The van der Waals surface area contributed by atoms with E-state index in [1.807, 2.05) is 0 Å². The molecule has 3 rings (SSSR count). The SMILES string of the molecule is CC(C)[C@H](NC(=O)[C@H]1CCCN1C(=O)OC(C)(C)C)C(=O)ON1C(=O)c2ccccc2C1=O. The fourth-order valence-electron chi connectivity index (χ4n) is 3.72. The van der Waals surface area contributed by atoms with Crippen molar-refractivity contribution in [2.24, 2.45) is 5.92 Å². The molecule has 10 nitrogen and oxygen atoms in total. The molecule has 33 heavy (non-hydrogen) atoms. The molecular formula is C23H29N3O7. The predicted molar refractivity (Wildman–Crippen MR) is 116 cm³/mol. The Morgan fingerprint density at radius 1 is 1.06 bits per heavy atom. The lowest BCUT2D eigenvalue weighted by Crippen LogP contribution is -2.54. The molecule has 0 aliphatic carbocycles. The molecule has 2 atom stereocenters. The molecule has 2 aliphatic heterocycles. The van der Waals surface area contributed by atoms with Crippen molar-refractivity contribution in [2.45, 2.75) is 65.1 Å². The fraction of sp³-hybridized carbons (Fsp3) is 0.522. The summed E-state index contributed by atoms with van der Waals surface area (Å²) in [5.41, 5.74) is -0.434. The van der Waals surface area contributed by atoms with Crippen molar-refractivity contribution < 1.29 is 33.5 Å². The number of nitrogens with one attached hydrogen (secondary N) is 1. The predicted octanol–water partition coefficient (Wildman–Crippen LogP) is 2.28. The van der Waals surface area contributed by atoms with E-state index in [0.29, 0.717) is 24.4 Å². The van der Waals surface area contributed by atoms with E-state index >= 15 is 0 Å². The summed E-state index contributed by atoms with van der Waals surface area (Å²) in [4.78, 5) is 69.7. The first-order valence-corrected chi connectivity index (χ1v) is 10.9. The van der Waals surface area contributed by atoms with Gasteiger partial charge < -0.3 is 14.9 Å². The molecule has 10 heteroatoms. The van der Waals surface area contributed by atoms with Crippen LogP contribution < -0.4 is 5.32 Å². The van der Waals surface area contributed by atoms with Gasteiger partial charge in [-0.2, -0.15) is 0 Å². The fourth-order valence-corrected chi connectivity index (χ4v) is 3.72. The van der Waals surface area contributed by atoms with Gasteiger partial charge in [0.2, 0.25) is 5.91 Å². The molecule has 4 amide bonds. The van der Waals surface area contributed by atoms with Crippen LogP contribution in [-0.4, -0.2) is 64.0 Å². The lowest BCUT2D eigenvalue weighted by atomic mass is 10.0. The number of carbonyl (C=O) groups is 5. The first kappa shape index (κ1) is 24.2. The van der Waals surface area contributed by atoms with Gasteiger partial charge in [0.05, 0.1) is 11.1 Å². The molecule has 1 aromatic rings. The Hall–Kier alpha value is -3.43. The summed E-state index contributed by atoms with van der Waals surface area (Å²) in [6.45, 7) is 8.95. The van der Waals surface area contributed by atoms with Gasteiger partial charge >= 0.3 is 12.1 Å². The van der Waals surface area contributed by atoms with Crippen molar-refractivity contribution in [2.75, 3.05) is 6.54 Å². The zero-order valence-corrected chi connectivity index (χ0v) is 19.4. The topological polar surface area (TPSA) is 122 Å². The Labute approximate surface area is 192 Å². The second kappa shape index (κ2) is 9.21. The minimum Gasteiger partial charge on any atom is -0.444 e. The Morgan fingerprint density at radius 3 is 2.15 bits per heavy atom. The van der Waals surface area contributed by atoms with Gasteiger partial charge in [0.25, 0.3) is 11.8 Å². The van der Waals surface area contributed by atoms with E-state index in [1.54, 1.807) is 46.8 Å². The number of benzene rings is 1. The molecule has 2 aliphatic rings. The number of imide groups is 1. The summed E-state index contributed by atoms with van der Waals surface area (Å²) in [5.74, 6) is -3.38. The van der Waals surface area contributed by atoms with E-state index in [9.17, 15) is 24.0 Å². The average Bonchev–Trinajstić information content (AvgIpc) is 3.31. The molecular weight excluding hydrogens is 430 g/mol. The smallest absolute Gasteiger partial charge is 0.410 e. The van der Waals surface area contributed by atoms with Crippen molar-refractivity contribution in [3.63, 3.8) is 0 Å². The first-order chi connectivity index (χ1) is 15.4. The average molecular weight is 459 g/mol. The highest BCUT2D eigenvalue weighted by molar-refractivity contribution is 6.21.